The molecule has 0 radical (unpaired) electrons. The van der Waals surface area contributed by atoms with Crippen LogP contribution in [0.5, 0.6) is 0 Å². The van der Waals surface area contributed by atoms with Gasteiger partial charge in [0.15, 0.2) is 11.4 Å². The molecule has 1 aliphatic rings. The predicted octanol–water partition coefficient (Wildman–Crippen LogP) is 0.908. The van der Waals surface area contributed by atoms with Gasteiger partial charge in [0.2, 0.25) is 0 Å². The maximum atomic E-state index is 13.2. The zero-order valence-electron chi connectivity index (χ0n) is 8.53. The summed E-state index contributed by atoms with van der Waals surface area (Å²) in [6.07, 6.45) is -6.27. The summed E-state index contributed by atoms with van der Waals surface area (Å²) < 4.78 is 63.1. The highest BCUT2D eigenvalue weighted by molar-refractivity contribution is 6.54. The Labute approximate surface area is 101 Å². The van der Waals surface area contributed by atoms with Crippen molar-refractivity contribution in [3.05, 3.63) is 0 Å². The molecule has 1 N–H and O–H groups in total. The first-order valence-corrected chi connectivity index (χ1v) is 4.21. The van der Waals surface area contributed by atoms with Gasteiger partial charge in [-0.2, -0.15) is 32.5 Å². The third-order valence-electron chi connectivity index (χ3n) is 2.08. The Hall–Kier alpha value is -2.56. The summed E-state index contributed by atoms with van der Waals surface area (Å²) in [6.45, 7) is 0. The summed E-state index contributed by atoms with van der Waals surface area (Å²) in [5.41, 5.74) is -6.69. The second-order valence-electron chi connectivity index (χ2n) is 3.19. The third-order valence-corrected chi connectivity index (χ3v) is 2.08. The van der Waals surface area contributed by atoms with Gasteiger partial charge in [0.05, 0.1) is 0 Å². The molecule has 0 saturated carbocycles. The summed E-state index contributed by atoms with van der Waals surface area (Å²) >= 11 is 0. The highest BCUT2D eigenvalue weighted by Gasteiger charge is 2.76. The second-order valence-corrected chi connectivity index (χ2v) is 3.19. The zero-order chi connectivity index (χ0) is 15.1. The number of aliphatic imine (C=N–C) groups is 2. The predicted molar refractivity (Wildman–Crippen MR) is 47.5 cm³/mol. The highest BCUT2D eigenvalue weighted by atomic mass is 19.4. The molecule has 0 amide bonds. The molecule has 100 valence electrons. The van der Waals surface area contributed by atoms with Gasteiger partial charge in [-0.25, -0.2) is 14.8 Å². The van der Waals surface area contributed by atoms with Gasteiger partial charge >= 0.3 is 23.7 Å². The van der Waals surface area contributed by atoms with Crippen LogP contribution in [-0.2, 0) is 4.79 Å². The van der Waals surface area contributed by atoms with Crippen molar-refractivity contribution >= 4 is 17.4 Å². The average Bonchev–Trinajstić information content (AvgIpc) is 2.67. The van der Waals surface area contributed by atoms with Gasteiger partial charge in [0.1, 0.15) is 12.1 Å². The molecule has 0 aromatic rings. The molecular formula is C8HF5N4O2. The number of nitrogens with zero attached hydrogens (tertiary/aromatic N) is 4. The molecule has 0 aliphatic carbocycles. The molecular weight excluding hydrogens is 279 g/mol. The lowest BCUT2D eigenvalue weighted by molar-refractivity contribution is -0.303. The van der Waals surface area contributed by atoms with Crippen LogP contribution in [0.4, 0.5) is 22.0 Å². The number of carboxylic acid groups (broad SMARTS) is 1. The Morgan fingerprint density at radius 3 is 1.68 bits per heavy atom. The molecule has 11 heteroatoms. The molecule has 19 heavy (non-hydrogen) atoms. The number of carboxylic acids is 1. The van der Waals surface area contributed by atoms with E-state index in [4.69, 9.17) is 15.6 Å². The molecule has 0 saturated heterocycles. The van der Waals surface area contributed by atoms with Crippen molar-refractivity contribution in [3.8, 4) is 12.1 Å². The lowest BCUT2D eigenvalue weighted by Gasteiger charge is -2.29. The van der Waals surface area contributed by atoms with Crippen molar-refractivity contribution in [1.82, 2.24) is 0 Å². The van der Waals surface area contributed by atoms with Crippen LogP contribution >= 0.6 is 0 Å². The van der Waals surface area contributed by atoms with Crippen LogP contribution in [0.15, 0.2) is 9.98 Å². The summed E-state index contributed by atoms with van der Waals surface area (Å²) in [7, 11) is 0. The van der Waals surface area contributed by atoms with Gasteiger partial charge < -0.3 is 5.11 Å². The van der Waals surface area contributed by atoms with Gasteiger partial charge in [-0.15, -0.1) is 0 Å². The molecule has 1 heterocycles. The number of alkyl halides is 5. The standard InChI is InChI=1S/C8HF5N4O2/c9-7(10,8(11,12)13)6(5(18)19)16-3(1-14)4(2-15)17-6/h(H,18,19). The molecule has 0 aromatic carbocycles. The van der Waals surface area contributed by atoms with E-state index in [1.165, 1.54) is 0 Å². The Bertz CT molecular complexity index is 547. The average molecular weight is 280 g/mol. The van der Waals surface area contributed by atoms with Crippen molar-refractivity contribution in [2.24, 2.45) is 9.98 Å². The lowest BCUT2D eigenvalue weighted by Crippen LogP contribution is -2.58. The number of rotatable bonds is 2. The summed E-state index contributed by atoms with van der Waals surface area (Å²) in [6, 6.07) is 2.06. The first kappa shape index (κ1) is 14.5. The molecule has 0 unspecified atom stereocenters. The van der Waals surface area contributed by atoms with Crippen LogP contribution in [0.3, 0.4) is 0 Å². The minimum Gasteiger partial charge on any atom is -0.478 e. The minimum absolute atomic E-state index is 1.03. The Kier molecular flexibility index (Phi) is 3.04. The van der Waals surface area contributed by atoms with Crippen LogP contribution in [0.1, 0.15) is 0 Å². The van der Waals surface area contributed by atoms with Crippen molar-refractivity contribution < 1.29 is 31.9 Å². The molecule has 0 spiro atoms. The summed E-state index contributed by atoms with van der Waals surface area (Å²) in [4.78, 5) is 15.7. The van der Waals surface area contributed by atoms with Crippen molar-refractivity contribution in [2.75, 3.05) is 0 Å². The van der Waals surface area contributed by atoms with E-state index < -0.39 is 35.2 Å². The second kappa shape index (κ2) is 3.98. The number of nitriles is 2. The molecule has 0 bridgehead atoms. The topological polar surface area (TPSA) is 110 Å². The minimum atomic E-state index is -6.27. The largest absolute Gasteiger partial charge is 0.478 e. The monoisotopic (exact) mass is 280 g/mol. The number of carbonyl (C=O) groups is 1. The van der Waals surface area contributed by atoms with Gasteiger partial charge in [0.25, 0.3) is 0 Å². The Balaban J connectivity index is 3.63. The van der Waals surface area contributed by atoms with Gasteiger partial charge in [-0.05, 0) is 0 Å². The van der Waals surface area contributed by atoms with E-state index in [0.29, 0.717) is 0 Å². The van der Waals surface area contributed by atoms with E-state index >= 15 is 0 Å². The van der Waals surface area contributed by atoms with E-state index in [2.05, 4.69) is 9.98 Å². The third kappa shape index (κ3) is 1.79. The van der Waals surface area contributed by atoms with E-state index in [0.717, 1.165) is 12.1 Å². The van der Waals surface area contributed by atoms with Crippen LogP contribution in [0.2, 0.25) is 0 Å². The smallest absolute Gasteiger partial charge is 0.458 e. The fraction of sp³-hybridized carbons (Fsp3) is 0.375. The summed E-state index contributed by atoms with van der Waals surface area (Å²) in [5, 5.41) is 25.4. The van der Waals surface area contributed by atoms with E-state index in [-0.39, 0.29) is 0 Å². The maximum Gasteiger partial charge on any atom is 0.458 e. The number of hydrogen-bond acceptors (Lipinski definition) is 5. The molecule has 1 aliphatic heterocycles. The zero-order valence-corrected chi connectivity index (χ0v) is 8.53. The number of hydrogen-bond donors (Lipinski definition) is 1. The Morgan fingerprint density at radius 2 is 1.47 bits per heavy atom. The molecule has 0 aromatic heterocycles. The van der Waals surface area contributed by atoms with Crippen LogP contribution in [-0.4, -0.2) is 40.3 Å². The fourth-order valence-corrected chi connectivity index (χ4v) is 1.18. The van der Waals surface area contributed by atoms with Crippen LogP contribution in [0, 0.1) is 22.7 Å². The quantitative estimate of drug-likeness (QED) is 0.758. The van der Waals surface area contributed by atoms with Crippen molar-refractivity contribution in [1.29, 1.82) is 10.5 Å². The van der Waals surface area contributed by atoms with Gasteiger partial charge in [-0.1, -0.05) is 0 Å². The highest BCUT2D eigenvalue weighted by Crippen LogP contribution is 2.47. The molecule has 6 nitrogen and oxygen atoms in total. The summed E-state index contributed by atoms with van der Waals surface area (Å²) in [5.74, 6) is -8.61. The van der Waals surface area contributed by atoms with Gasteiger partial charge in [-0.3, -0.25) is 0 Å². The molecule has 0 fully saturated rings. The number of aliphatic carboxylic acids is 1. The Morgan fingerprint density at radius 1 is 1.11 bits per heavy atom. The van der Waals surface area contributed by atoms with Crippen molar-refractivity contribution in [3.63, 3.8) is 0 Å². The number of halogens is 5. The first-order valence-electron chi connectivity index (χ1n) is 4.21. The normalized spacial score (nSPS) is 18.1. The van der Waals surface area contributed by atoms with Crippen LogP contribution in [0.25, 0.3) is 0 Å². The SMILES string of the molecule is N#CC1=NC(C(=O)O)(C(F)(F)C(F)(F)F)N=C1C#N. The molecule has 1 rings (SSSR count). The van der Waals surface area contributed by atoms with E-state index in [9.17, 15) is 26.7 Å². The lowest BCUT2D eigenvalue weighted by atomic mass is 10.0. The maximum absolute atomic E-state index is 13.2. The molecule has 0 atom stereocenters. The van der Waals surface area contributed by atoms with E-state index in [1.54, 1.807) is 0 Å². The van der Waals surface area contributed by atoms with Gasteiger partial charge in [0, 0.05) is 0 Å². The van der Waals surface area contributed by atoms with E-state index in [1.807, 2.05) is 0 Å². The fourth-order valence-electron chi connectivity index (χ4n) is 1.18. The van der Waals surface area contributed by atoms with Crippen molar-refractivity contribution in [2.45, 2.75) is 17.8 Å². The van der Waals surface area contributed by atoms with Crippen LogP contribution < -0.4 is 0 Å². The first-order chi connectivity index (χ1) is 8.53.